The lowest BCUT2D eigenvalue weighted by Gasteiger charge is -2.32. The van der Waals surface area contributed by atoms with Crippen LogP contribution in [-0.2, 0) is 9.59 Å². The van der Waals surface area contributed by atoms with Gasteiger partial charge in [0.15, 0.2) is 6.61 Å². The van der Waals surface area contributed by atoms with Gasteiger partial charge in [0.2, 0.25) is 5.91 Å². The summed E-state index contributed by atoms with van der Waals surface area (Å²) in [5.41, 5.74) is 1.14. The molecule has 1 aromatic rings. The van der Waals surface area contributed by atoms with E-state index in [-0.39, 0.29) is 18.4 Å². The van der Waals surface area contributed by atoms with Crippen LogP contribution >= 0.6 is 0 Å². The first-order valence-corrected chi connectivity index (χ1v) is 6.34. The van der Waals surface area contributed by atoms with Crippen molar-refractivity contribution in [1.82, 2.24) is 10.2 Å². The van der Waals surface area contributed by atoms with Gasteiger partial charge in [0.05, 0.1) is 0 Å². The first-order valence-electron chi connectivity index (χ1n) is 6.34. The molecule has 1 fully saturated rings. The minimum atomic E-state index is -0.428. The van der Waals surface area contributed by atoms with Gasteiger partial charge in [-0.2, -0.15) is 0 Å². The zero-order valence-electron chi connectivity index (χ0n) is 11.2. The zero-order valence-corrected chi connectivity index (χ0v) is 11.2. The van der Waals surface area contributed by atoms with Crippen LogP contribution < -0.4 is 10.1 Å². The Morgan fingerprint density at radius 2 is 2.11 bits per heavy atom. The predicted molar refractivity (Wildman–Crippen MR) is 70.9 cm³/mol. The van der Waals surface area contributed by atoms with Crippen LogP contribution in [0.2, 0.25) is 0 Å². The van der Waals surface area contributed by atoms with E-state index in [1.807, 2.05) is 31.2 Å². The van der Waals surface area contributed by atoms with E-state index in [1.165, 1.54) is 0 Å². The van der Waals surface area contributed by atoms with Crippen LogP contribution in [0.25, 0.3) is 0 Å². The van der Waals surface area contributed by atoms with Crippen molar-refractivity contribution < 1.29 is 14.3 Å². The highest BCUT2D eigenvalue weighted by atomic mass is 16.5. The molecule has 1 heterocycles. The molecule has 2 amide bonds. The van der Waals surface area contributed by atoms with Crippen molar-refractivity contribution in [2.45, 2.75) is 19.9 Å². The third kappa shape index (κ3) is 3.24. The number of hydrogen-bond acceptors (Lipinski definition) is 3. The second-order valence-electron chi connectivity index (χ2n) is 4.66. The fourth-order valence-electron chi connectivity index (χ4n) is 1.99. The summed E-state index contributed by atoms with van der Waals surface area (Å²) < 4.78 is 5.44. The van der Waals surface area contributed by atoms with Gasteiger partial charge in [0, 0.05) is 13.1 Å². The van der Waals surface area contributed by atoms with Gasteiger partial charge in [0.1, 0.15) is 11.8 Å². The molecule has 1 atom stereocenters. The van der Waals surface area contributed by atoms with E-state index >= 15 is 0 Å². The van der Waals surface area contributed by atoms with E-state index in [0.29, 0.717) is 18.8 Å². The monoisotopic (exact) mass is 262 g/mol. The molecule has 0 aromatic heterocycles. The fourth-order valence-corrected chi connectivity index (χ4v) is 1.99. The van der Waals surface area contributed by atoms with Gasteiger partial charge in [-0.05, 0) is 26.0 Å². The summed E-state index contributed by atoms with van der Waals surface area (Å²) >= 11 is 0. The lowest BCUT2D eigenvalue weighted by Crippen LogP contribution is -2.56. The number of ether oxygens (including phenoxy) is 1. The van der Waals surface area contributed by atoms with E-state index in [9.17, 15) is 9.59 Å². The van der Waals surface area contributed by atoms with Crippen LogP contribution in [0.3, 0.4) is 0 Å². The van der Waals surface area contributed by atoms with Crippen LogP contribution in [0.15, 0.2) is 24.3 Å². The largest absolute Gasteiger partial charge is 0.484 e. The first kappa shape index (κ1) is 13.4. The fraction of sp³-hybridized carbons (Fsp3) is 0.429. The van der Waals surface area contributed by atoms with Crippen LogP contribution in [0.5, 0.6) is 5.75 Å². The SMILES string of the molecule is Cc1ccc(OCC(=O)N2CCNC(=O)C2C)cc1. The highest BCUT2D eigenvalue weighted by Crippen LogP contribution is 2.12. The van der Waals surface area contributed by atoms with Crippen molar-refractivity contribution in [2.75, 3.05) is 19.7 Å². The maximum atomic E-state index is 12.0. The average molecular weight is 262 g/mol. The molecule has 1 saturated heterocycles. The van der Waals surface area contributed by atoms with Crippen LogP contribution in [0.4, 0.5) is 0 Å². The maximum absolute atomic E-state index is 12.0. The number of carbonyl (C=O) groups is 2. The topological polar surface area (TPSA) is 58.6 Å². The molecule has 2 rings (SSSR count). The lowest BCUT2D eigenvalue weighted by atomic mass is 10.2. The number of hydrogen-bond donors (Lipinski definition) is 1. The molecule has 1 aliphatic heterocycles. The Morgan fingerprint density at radius 1 is 1.42 bits per heavy atom. The quantitative estimate of drug-likeness (QED) is 0.873. The maximum Gasteiger partial charge on any atom is 0.261 e. The number of benzene rings is 1. The molecule has 5 heteroatoms. The first-order chi connectivity index (χ1) is 9.08. The molecule has 19 heavy (non-hydrogen) atoms. The summed E-state index contributed by atoms with van der Waals surface area (Å²) in [6.45, 7) is 4.70. The molecule has 5 nitrogen and oxygen atoms in total. The van der Waals surface area contributed by atoms with E-state index < -0.39 is 6.04 Å². The highest BCUT2D eigenvalue weighted by Gasteiger charge is 2.29. The summed E-state index contributed by atoms with van der Waals surface area (Å²) in [6, 6.07) is 7.08. The molecule has 0 aliphatic carbocycles. The molecule has 1 unspecified atom stereocenters. The van der Waals surface area contributed by atoms with Gasteiger partial charge in [-0.25, -0.2) is 0 Å². The van der Waals surface area contributed by atoms with Crippen LogP contribution in [-0.4, -0.2) is 42.5 Å². The predicted octanol–water partition coefficient (Wildman–Crippen LogP) is 0.721. The van der Waals surface area contributed by atoms with Crippen molar-refractivity contribution in [2.24, 2.45) is 0 Å². The molecule has 102 valence electrons. The Bertz CT molecular complexity index is 470. The number of aryl methyl sites for hydroxylation is 1. The Labute approximate surface area is 112 Å². The Balaban J connectivity index is 1.90. The number of amides is 2. The zero-order chi connectivity index (χ0) is 13.8. The van der Waals surface area contributed by atoms with Crippen molar-refractivity contribution >= 4 is 11.8 Å². The number of carbonyl (C=O) groups excluding carboxylic acids is 2. The van der Waals surface area contributed by atoms with Crippen molar-refractivity contribution in [3.63, 3.8) is 0 Å². The van der Waals surface area contributed by atoms with Gasteiger partial charge in [-0.15, -0.1) is 0 Å². The van der Waals surface area contributed by atoms with Crippen LogP contribution in [0, 0.1) is 6.92 Å². The van der Waals surface area contributed by atoms with E-state index in [0.717, 1.165) is 5.56 Å². The molecule has 0 bridgehead atoms. The smallest absolute Gasteiger partial charge is 0.261 e. The Kier molecular flexibility index (Phi) is 4.04. The number of nitrogens with zero attached hydrogens (tertiary/aromatic N) is 1. The molecular formula is C14H18N2O3. The summed E-state index contributed by atoms with van der Waals surface area (Å²) in [4.78, 5) is 25.0. The van der Waals surface area contributed by atoms with Gasteiger partial charge >= 0.3 is 0 Å². The summed E-state index contributed by atoms with van der Waals surface area (Å²) in [5.74, 6) is 0.380. The summed E-state index contributed by atoms with van der Waals surface area (Å²) in [6.07, 6.45) is 0. The number of piperazine rings is 1. The molecule has 0 radical (unpaired) electrons. The van der Waals surface area contributed by atoms with Crippen molar-refractivity contribution in [3.05, 3.63) is 29.8 Å². The van der Waals surface area contributed by atoms with Gasteiger partial charge < -0.3 is 15.0 Å². The lowest BCUT2D eigenvalue weighted by molar-refractivity contribution is -0.143. The van der Waals surface area contributed by atoms with E-state index in [1.54, 1.807) is 11.8 Å². The third-order valence-corrected chi connectivity index (χ3v) is 3.20. The molecule has 1 aromatic carbocycles. The summed E-state index contributed by atoms with van der Waals surface area (Å²) in [5, 5.41) is 2.72. The van der Waals surface area contributed by atoms with E-state index in [2.05, 4.69) is 5.32 Å². The molecule has 1 N–H and O–H groups in total. The minimum Gasteiger partial charge on any atom is -0.484 e. The standard InChI is InChI=1S/C14H18N2O3/c1-10-3-5-12(6-4-10)19-9-13(17)16-8-7-15-14(18)11(16)2/h3-6,11H,7-9H2,1-2H3,(H,15,18). The summed E-state index contributed by atoms with van der Waals surface area (Å²) in [7, 11) is 0. The van der Waals surface area contributed by atoms with Crippen LogP contribution in [0.1, 0.15) is 12.5 Å². The van der Waals surface area contributed by atoms with Gasteiger partial charge in [-0.3, -0.25) is 9.59 Å². The minimum absolute atomic E-state index is 0.0410. The van der Waals surface area contributed by atoms with Crippen molar-refractivity contribution in [3.8, 4) is 5.75 Å². The van der Waals surface area contributed by atoms with Gasteiger partial charge in [0.25, 0.3) is 5.91 Å². The second kappa shape index (κ2) is 5.73. The molecule has 1 aliphatic rings. The third-order valence-electron chi connectivity index (χ3n) is 3.20. The van der Waals surface area contributed by atoms with Gasteiger partial charge in [-0.1, -0.05) is 17.7 Å². The number of nitrogens with one attached hydrogen (secondary N) is 1. The highest BCUT2D eigenvalue weighted by molar-refractivity contribution is 5.89. The Morgan fingerprint density at radius 3 is 2.79 bits per heavy atom. The average Bonchev–Trinajstić information content (AvgIpc) is 2.41. The van der Waals surface area contributed by atoms with Crippen molar-refractivity contribution in [1.29, 1.82) is 0 Å². The molecule has 0 spiro atoms. The molecular weight excluding hydrogens is 244 g/mol. The number of rotatable bonds is 3. The Hall–Kier alpha value is -2.04. The molecule has 0 saturated carbocycles. The van der Waals surface area contributed by atoms with E-state index in [4.69, 9.17) is 4.74 Å². The normalized spacial score (nSPS) is 18.9. The second-order valence-corrected chi connectivity index (χ2v) is 4.66.